The van der Waals surface area contributed by atoms with E-state index in [1.165, 1.54) is 24.2 Å². The predicted molar refractivity (Wildman–Crippen MR) is 55.6 cm³/mol. The lowest BCUT2D eigenvalue weighted by atomic mass is 10.1. The predicted octanol–water partition coefficient (Wildman–Crippen LogP) is 2.87. The zero-order valence-electron chi connectivity index (χ0n) is 8.66. The van der Waals surface area contributed by atoms with Crippen LogP contribution in [-0.2, 0) is 17.6 Å². The average molecular weight is 205 g/mol. The van der Waals surface area contributed by atoms with E-state index in [-0.39, 0.29) is 0 Å². The van der Waals surface area contributed by atoms with Crippen molar-refractivity contribution in [2.75, 3.05) is 0 Å². The molecule has 1 aromatic carbocycles. The Labute approximate surface area is 89.0 Å². The minimum absolute atomic E-state index is 0.558. The zero-order valence-corrected chi connectivity index (χ0v) is 8.66. The Balaban J connectivity index is 2.06. The van der Waals surface area contributed by atoms with Gasteiger partial charge in [0.1, 0.15) is 12.4 Å². The molecule has 0 spiro atoms. The van der Waals surface area contributed by atoms with Crippen LogP contribution in [0.3, 0.4) is 0 Å². The van der Waals surface area contributed by atoms with E-state index in [9.17, 15) is 4.79 Å². The van der Waals surface area contributed by atoms with Gasteiger partial charge in [0.2, 0.25) is 0 Å². The number of ether oxygens (including phenoxy) is 2. The normalized spacial score (nSPS) is 13.4. The smallest absolute Gasteiger partial charge is 0.427 e. The average Bonchev–Trinajstić information content (AvgIpc) is 2.65. The molecule has 1 aliphatic carbocycles. The topological polar surface area (TPSA) is 35.5 Å². The minimum atomic E-state index is -0.685. The van der Waals surface area contributed by atoms with E-state index >= 15 is 0 Å². The van der Waals surface area contributed by atoms with Crippen molar-refractivity contribution in [3.63, 3.8) is 0 Å². The molecule has 0 amide bonds. The van der Waals surface area contributed by atoms with E-state index in [0.717, 1.165) is 12.8 Å². The van der Waals surface area contributed by atoms with Crippen LogP contribution in [0.25, 0.3) is 0 Å². The number of aryl methyl sites for hydroxylation is 2. The maximum absolute atomic E-state index is 11.0. The van der Waals surface area contributed by atoms with Gasteiger partial charge >= 0.3 is 6.16 Å². The van der Waals surface area contributed by atoms with Crippen molar-refractivity contribution in [1.82, 2.24) is 0 Å². The van der Waals surface area contributed by atoms with Gasteiger partial charge in [0.05, 0.1) is 0 Å². The van der Waals surface area contributed by atoms with Crippen LogP contribution in [0, 0.1) is 6.61 Å². The molecule has 2 rings (SSSR count). The van der Waals surface area contributed by atoms with E-state index in [0.29, 0.717) is 5.75 Å². The standard InChI is InChI=1S/C12H13O3/c1-2-14-12(13)15-11-7-6-9-4-3-5-10(9)8-11/h2,6-8H,3-5H2,1H3. The summed E-state index contributed by atoms with van der Waals surface area (Å²) >= 11 is 0. The summed E-state index contributed by atoms with van der Waals surface area (Å²) < 4.78 is 9.57. The zero-order chi connectivity index (χ0) is 10.7. The molecule has 0 bridgehead atoms. The number of rotatable bonds is 2. The van der Waals surface area contributed by atoms with Gasteiger partial charge < -0.3 is 9.47 Å². The van der Waals surface area contributed by atoms with Crippen LogP contribution in [0.4, 0.5) is 4.79 Å². The Morgan fingerprint density at radius 1 is 1.33 bits per heavy atom. The Bertz CT molecular complexity index is 371. The lowest BCUT2D eigenvalue weighted by Gasteiger charge is -2.05. The molecule has 0 fully saturated rings. The monoisotopic (exact) mass is 205 g/mol. The molecule has 0 N–H and O–H groups in total. The van der Waals surface area contributed by atoms with Gasteiger partial charge in [-0.25, -0.2) is 4.79 Å². The fourth-order valence-corrected chi connectivity index (χ4v) is 1.83. The highest BCUT2D eigenvalue weighted by Gasteiger charge is 2.12. The summed E-state index contributed by atoms with van der Waals surface area (Å²) in [5, 5.41) is 0. The molecule has 1 radical (unpaired) electrons. The summed E-state index contributed by atoms with van der Waals surface area (Å²) in [6.07, 6.45) is 2.70. The molecule has 3 nitrogen and oxygen atoms in total. The van der Waals surface area contributed by atoms with Crippen molar-refractivity contribution in [1.29, 1.82) is 0 Å². The third-order valence-corrected chi connectivity index (χ3v) is 2.49. The Morgan fingerprint density at radius 3 is 2.93 bits per heavy atom. The fourth-order valence-electron chi connectivity index (χ4n) is 1.83. The van der Waals surface area contributed by atoms with E-state index in [1.807, 2.05) is 12.1 Å². The second kappa shape index (κ2) is 4.34. The first-order chi connectivity index (χ1) is 7.29. The molecular formula is C12H13O3. The highest BCUT2D eigenvalue weighted by molar-refractivity contribution is 5.64. The van der Waals surface area contributed by atoms with Crippen LogP contribution in [-0.4, -0.2) is 6.16 Å². The Hall–Kier alpha value is -1.51. The van der Waals surface area contributed by atoms with Gasteiger partial charge in [0.25, 0.3) is 0 Å². The van der Waals surface area contributed by atoms with E-state index in [2.05, 4.69) is 4.74 Å². The van der Waals surface area contributed by atoms with Crippen molar-refractivity contribution in [2.24, 2.45) is 0 Å². The fraction of sp³-hybridized carbons (Fsp3) is 0.333. The van der Waals surface area contributed by atoms with Gasteiger partial charge in [-0.1, -0.05) is 6.07 Å². The van der Waals surface area contributed by atoms with Gasteiger partial charge in [-0.2, -0.15) is 0 Å². The Morgan fingerprint density at radius 2 is 2.13 bits per heavy atom. The molecule has 0 saturated carbocycles. The van der Waals surface area contributed by atoms with Crippen molar-refractivity contribution >= 4 is 6.16 Å². The minimum Gasteiger partial charge on any atom is -0.427 e. The summed E-state index contributed by atoms with van der Waals surface area (Å²) in [5.41, 5.74) is 2.64. The molecule has 3 heteroatoms. The van der Waals surface area contributed by atoms with Crippen LogP contribution in [0.5, 0.6) is 5.75 Å². The Kier molecular flexibility index (Phi) is 2.90. The first-order valence-electron chi connectivity index (χ1n) is 5.07. The van der Waals surface area contributed by atoms with Gasteiger partial charge in [-0.3, -0.25) is 0 Å². The third-order valence-electron chi connectivity index (χ3n) is 2.49. The second-order valence-electron chi connectivity index (χ2n) is 3.49. The van der Waals surface area contributed by atoms with E-state index in [1.54, 1.807) is 13.0 Å². The van der Waals surface area contributed by atoms with Gasteiger partial charge in [0.15, 0.2) is 0 Å². The molecule has 0 atom stereocenters. The van der Waals surface area contributed by atoms with Gasteiger partial charge in [-0.05, 0) is 49.4 Å². The molecular weight excluding hydrogens is 192 g/mol. The highest BCUT2D eigenvalue weighted by atomic mass is 16.7. The summed E-state index contributed by atoms with van der Waals surface area (Å²) in [7, 11) is 0. The molecule has 0 heterocycles. The lowest BCUT2D eigenvalue weighted by molar-refractivity contribution is 0.123. The quantitative estimate of drug-likeness (QED) is 0.550. The molecule has 0 aliphatic heterocycles. The number of benzene rings is 1. The number of hydrogen-bond acceptors (Lipinski definition) is 3. The van der Waals surface area contributed by atoms with Crippen LogP contribution < -0.4 is 4.74 Å². The third kappa shape index (κ3) is 2.29. The first kappa shape index (κ1) is 10.0. The van der Waals surface area contributed by atoms with E-state index < -0.39 is 6.16 Å². The van der Waals surface area contributed by atoms with Crippen LogP contribution in [0.2, 0.25) is 0 Å². The summed E-state index contributed by atoms with van der Waals surface area (Å²) in [4.78, 5) is 11.0. The maximum Gasteiger partial charge on any atom is 0.514 e. The van der Waals surface area contributed by atoms with Gasteiger partial charge in [0, 0.05) is 0 Å². The second-order valence-corrected chi connectivity index (χ2v) is 3.49. The molecule has 79 valence electrons. The molecule has 1 aromatic rings. The molecule has 0 unspecified atom stereocenters. The van der Waals surface area contributed by atoms with Crippen molar-refractivity contribution in [2.45, 2.75) is 26.2 Å². The van der Waals surface area contributed by atoms with Crippen molar-refractivity contribution < 1.29 is 14.3 Å². The number of carbonyl (C=O) groups is 1. The molecule has 15 heavy (non-hydrogen) atoms. The summed E-state index contributed by atoms with van der Waals surface area (Å²) in [5.74, 6) is 0.558. The van der Waals surface area contributed by atoms with Crippen LogP contribution in [0.15, 0.2) is 18.2 Å². The van der Waals surface area contributed by atoms with Crippen LogP contribution >= 0.6 is 0 Å². The van der Waals surface area contributed by atoms with Crippen molar-refractivity contribution in [3.8, 4) is 5.75 Å². The number of carbonyl (C=O) groups excluding carboxylic acids is 1. The summed E-state index contributed by atoms with van der Waals surface area (Å²) in [6.45, 7) is 2.93. The van der Waals surface area contributed by atoms with E-state index in [4.69, 9.17) is 4.74 Å². The molecule has 0 aromatic heterocycles. The maximum atomic E-state index is 11.0. The van der Waals surface area contributed by atoms with Gasteiger partial charge in [-0.15, -0.1) is 0 Å². The number of fused-ring (bicyclic) bond motifs is 1. The lowest BCUT2D eigenvalue weighted by Crippen LogP contribution is -2.08. The largest absolute Gasteiger partial charge is 0.514 e. The molecule has 0 saturated heterocycles. The summed E-state index contributed by atoms with van der Waals surface area (Å²) in [6, 6.07) is 5.74. The number of hydrogen-bond donors (Lipinski definition) is 0. The van der Waals surface area contributed by atoms with Crippen molar-refractivity contribution in [3.05, 3.63) is 35.9 Å². The SMILES string of the molecule is C[CH]OC(=O)Oc1ccc2c(c1)CCC2. The van der Waals surface area contributed by atoms with Crippen LogP contribution in [0.1, 0.15) is 24.5 Å². The highest BCUT2D eigenvalue weighted by Crippen LogP contribution is 2.26. The first-order valence-corrected chi connectivity index (χ1v) is 5.07. The molecule has 1 aliphatic rings.